The Labute approximate surface area is 102 Å². The van der Waals surface area contributed by atoms with E-state index in [4.69, 9.17) is 0 Å². The maximum atomic E-state index is 11.9. The van der Waals surface area contributed by atoms with E-state index in [0.29, 0.717) is 6.42 Å². The van der Waals surface area contributed by atoms with Crippen LogP contribution in [0.2, 0.25) is 0 Å². The van der Waals surface area contributed by atoms with E-state index in [9.17, 15) is 4.79 Å². The van der Waals surface area contributed by atoms with Crippen LogP contribution in [0.25, 0.3) is 0 Å². The molecule has 0 aliphatic carbocycles. The fourth-order valence-electron chi connectivity index (χ4n) is 2.97. The third kappa shape index (κ3) is 1.75. The summed E-state index contributed by atoms with van der Waals surface area (Å²) in [6.45, 7) is 1.91. The highest BCUT2D eigenvalue weighted by molar-refractivity contribution is 6.02. The Kier molecular flexibility index (Phi) is 2.63. The minimum absolute atomic E-state index is 0.284. The molecular weight excluding hydrogens is 212 g/mol. The Morgan fingerprint density at radius 3 is 3.00 bits per heavy atom. The molecule has 90 valence electrons. The third-order valence-electron chi connectivity index (χ3n) is 3.73. The standard InChI is InChI=1S/C14H18N2O/c1-15-5-4-10-7-11-3-2-6-16-13(17)9-12(8-10)14(11)16/h7-8,15H,2-6,9H2,1H3. The number of rotatable bonds is 3. The van der Waals surface area contributed by atoms with Crippen molar-refractivity contribution in [1.29, 1.82) is 0 Å². The van der Waals surface area contributed by atoms with Crippen molar-refractivity contribution in [2.75, 3.05) is 25.0 Å². The number of hydrogen-bond acceptors (Lipinski definition) is 2. The minimum Gasteiger partial charge on any atom is -0.319 e. The Hall–Kier alpha value is -1.35. The van der Waals surface area contributed by atoms with E-state index >= 15 is 0 Å². The number of nitrogens with one attached hydrogen (secondary N) is 1. The molecule has 3 rings (SSSR count). The van der Waals surface area contributed by atoms with Crippen molar-refractivity contribution in [3.05, 3.63) is 28.8 Å². The van der Waals surface area contributed by atoms with Gasteiger partial charge in [-0.2, -0.15) is 0 Å². The summed E-state index contributed by atoms with van der Waals surface area (Å²) >= 11 is 0. The van der Waals surface area contributed by atoms with E-state index in [-0.39, 0.29) is 5.91 Å². The van der Waals surface area contributed by atoms with Crippen LogP contribution in [0, 0.1) is 0 Å². The topological polar surface area (TPSA) is 32.3 Å². The van der Waals surface area contributed by atoms with Crippen molar-refractivity contribution in [3.8, 4) is 0 Å². The van der Waals surface area contributed by atoms with Crippen LogP contribution in [-0.2, 0) is 24.1 Å². The van der Waals surface area contributed by atoms with Crippen LogP contribution >= 0.6 is 0 Å². The minimum atomic E-state index is 0.284. The molecule has 2 heterocycles. The molecule has 1 aromatic carbocycles. The van der Waals surface area contributed by atoms with Crippen LogP contribution in [0.15, 0.2) is 12.1 Å². The van der Waals surface area contributed by atoms with E-state index in [2.05, 4.69) is 17.4 Å². The van der Waals surface area contributed by atoms with Gasteiger partial charge in [0.2, 0.25) is 5.91 Å². The molecule has 0 saturated heterocycles. The Morgan fingerprint density at radius 1 is 1.35 bits per heavy atom. The van der Waals surface area contributed by atoms with Gasteiger partial charge in [-0.15, -0.1) is 0 Å². The lowest BCUT2D eigenvalue weighted by atomic mass is 9.96. The lowest BCUT2D eigenvalue weighted by molar-refractivity contribution is -0.117. The highest BCUT2D eigenvalue weighted by Crippen LogP contribution is 2.37. The Balaban J connectivity index is 1.99. The number of hydrogen-bond donors (Lipinski definition) is 1. The maximum Gasteiger partial charge on any atom is 0.231 e. The van der Waals surface area contributed by atoms with Gasteiger partial charge in [-0.05, 0) is 49.5 Å². The van der Waals surface area contributed by atoms with E-state index in [0.717, 1.165) is 32.4 Å². The fraction of sp³-hybridized carbons (Fsp3) is 0.500. The van der Waals surface area contributed by atoms with Gasteiger partial charge in [-0.25, -0.2) is 0 Å². The molecule has 0 fully saturated rings. The molecule has 1 N–H and O–H groups in total. The largest absolute Gasteiger partial charge is 0.319 e. The summed E-state index contributed by atoms with van der Waals surface area (Å²) in [5.74, 6) is 0.284. The molecule has 0 spiro atoms. The number of amides is 1. The van der Waals surface area contributed by atoms with Gasteiger partial charge in [0.15, 0.2) is 0 Å². The number of anilines is 1. The van der Waals surface area contributed by atoms with E-state index in [1.165, 1.54) is 22.4 Å². The average Bonchev–Trinajstić information content (AvgIpc) is 2.66. The van der Waals surface area contributed by atoms with Crippen LogP contribution < -0.4 is 10.2 Å². The van der Waals surface area contributed by atoms with E-state index in [1.807, 2.05) is 11.9 Å². The van der Waals surface area contributed by atoms with Crippen LogP contribution in [0.4, 0.5) is 5.69 Å². The highest BCUT2D eigenvalue weighted by atomic mass is 16.2. The Morgan fingerprint density at radius 2 is 2.18 bits per heavy atom. The lowest BCUT2D eigenvalue weighted by Crippen LogP contribution is -2.31. The second kappa shape index (κ2) is 4.15. The van der Waals surface area contributed by atoms with Crippen LogP contribution in [-0.4, -0.2) is 26.0 Å². The van der Waals surface area contributed by atoms with Gasteiger partial charge in [-0.3, -0.25) is 4.79 Å². The summed E-state index contributed by atoms with van der Waals surface area (Å²) in [5, 5.41) is 3.18. The first-order chi connectivity index (χ1) is 8.29. The van der Waals surface area contributed by atoms with Crippen LogP contribution in [0.1, 0.15) is 23.1 Å². The van der Waals surface area contributed by atoms with Gasteiger partial charge in [-0.1, -0.05) is 12.1 Å². The van der Waals surface area contributed by atoms with Gasteiger partial charge in [0, 0.05) is 6.54 Å². The zero-order valence-corrected chi connectivity index (χ0v) is 10.3. The van der Waals surface area contributed by atoms with Crippen LogP contribution in [0.5, 0.6) is 0 Å². The monoisotopic (exact) mass is 230 g/mol. The molecule has 2 aliphatic rings. The number of benzene rings is 1. The first kappa shape index (κ1) is 10.8. The molecule has 0 bridgehead atoms. The molecule has 1 amide bonds. The highest BCUT2D eigenvalue weighted by Gasteiger charge is 2.32. The SMILES string of the molecule is CNCCc1cc2c3c(c1)CC(=O)N3CCC2. The summed E-state index contributed by atoms with van der Waals surface area (Å²) in [6, 6.07) is 4.51. The predicted molar refractivity (Wildman–Crippen MR) is 68.5 cm³/mol. The van der Waals surface area contributed by atoms with Gasteiger partial charge >= 0.3 is 0 Å². The Bertz CT molecular complexity index is 468. The summed E-state index contributed by atoms with van der Waals surface area (Å²) in [5.41, 5.74) is 5.23. The quantitative estimate of drug-likeness (QED) is 0.848. The summed E-state index contributed by atoms with van der Waals surface area (Å²) in [6.07, 6.45) is 3.88. The fourth-order valence-corrected chi connectivity index (χ4v) is 2.97. The number of aryl methyl sites for hydroxylation is 1. The molecule has 0 unspecified atom stereocenters. The zero-order valence-electron chi connectivity index (χ0n) is 10.3. The van der Waals surface area contributed by atoms with E-state index < -0.39 is 0 Å². The second-order valence-corrected chi connectivity index (χ2v) is 4.94. The predicted octanol–water partition coefficient (Wildman–Crippen LogP) is 1.28. The second-order valence-electron chi connectivity index (χ2n) is 4.94. The van der Waals surface area contributed by atoms with Crippen molar-refractivity contribution >= 4 is 11.6 Å². The van der Waals surface area contributed by atoms with Gasteiger partial charge < -0.3 is 10.2 Å². The number of likely N-dealkylation sites (N-methyl/N-ethyl adjacent to an activating group) is 1. The molecule has 17 heavy (non-hydrogen) atoms. The normalized spacial score (nSPS) is 17.5. The summed E-state index contributed by atoms with van der Waals surface area (Å²) in [7, 11) is 1.97. The third-order valence-corrected chi connectivity index (χ3v) is 3.73. The smallest absolute Gasteiger partial charge is 0.231 e. The van der Waals surface area contributed by atoms with Crippen molar-refractivity contribution in [3.63, 3.8) is 0 Å². The number of carbonyl (C=O) groups excluding carboxylic acids is 1. The molecule has 0 aromatic heterocycles. The summed E-state index contributed by atoms with van der Waals surface area (Å²) in [4.78, 5) is 13.9. The first-order valence-electron chi connectivity index (χ1n) is 6.39. The average molecular weight is 230 g/mol. The van der Waals surface area contributed by atoms with Crippen molar-refractivity contribution in [2.45, 2.75) is 25.7 Å². The molecule has 1 aromatic rings. The van der Waals surface area contributed by atoms with Gasteiger partial charge in [0.05, 0.1) is 12.1 Å². The lowest BCUT2D eigenvalue weighted by Gasteiger charge is -2.26. The van der Waals surface area contributed by atoms with Crippen molar-refractivity contribution in [1.82, 2.24) is 5.32 Å². The van der Waals surface area contributed by atoms with Crippen LogP contribution in [0.3, 0.4) is 0 Å². The van der Waals surface area contributed by atoms with Crippen molar-refractivity contribution in [2.24, 2.45) is 0 Å². The molecule has 3 heteroatoms. The first-order valence-corrected chi connectivity index (χ1v) is 6.39. The van der Waals surface area contributed by atoms with E-state index in [1.54, 1.807) is 0 Å². The number of nitrogens with zero attached hydrogens (tertiary/aromatic N) is 1. The van der Waals surface area contributed by atoms with Gasteiger partial charge in [0.25, 0.3) is 0 Å². The molecule has 2 aliphatic heterocycles. The maximum absolute atomic E-state index is 11.9. The molecule has 0 radical (unpaired) electrons. The molecular formula is C14H18N2O. The summed E-state index contributed by atoms with van der Waals surface area (Å²) < 4.78 is 0. The molecule has 0 saturated carbocycles. The zero-order chi connectivity index (χ0) is 11.8. The van der Waals surface area contributed by atoms with Crippen molar-refractivity contribution < 1.29 is 4.79 Å². The number of carbonyl (C=O) groups is 1. The molecule has 0 atom stereocenters. The molecule has 3 nitrogen and oxygen atoms in total. The van der Waals surface area contributed by atoms with Gasteiger partial charge in [0.1, 0.15) is 0 Å².